The first-order chi connectivity index (χ1) is 12.5. The number of phenolic OH excluding ortho intramolecular Hbond substituents is 1. The van der Waals surface area contributed by atoms with Gasteiger partial charge in [-0.25, -0.2) is 9.37 Å². The molecule has 0 unspecified atom stereocenters. The van der Waals surface area contributed by atoms with Gasteiger partial charge >= 0.3 is 0 Å². The summed E-state index contributed by atoms with van der Waals surface area (Å²) in [7, 11) is 1.58. The van der Waals surface area contributed by atoms with Crippen LogP contribution in [0.4, 0.5) is 15.2 Å². The third kappa shape index (κ3) is 4.28. The molecule has 0 spiro atoms. The van der Waals surface area contributed by atoms with E-state index in [1.165, 1.54) is 29.7 Å². The highest BCUT2D eigenvalue weighted by Crippen LogP contribution is 2.25. The van der Waals surface area contributed by atoms with E-state index in [1.54, 1.807) is 7.11 Å². The van der Waals surface area contributed by atoms with Crippen molar-refractivity contribution in [2.45, 2.75) is 6.54 Å². The highest BCUT2D eigenvalue weighted by Gasteiger charge is 2.12. The quantitative estimate of drug-likeness (QED) is 0.614. The summed E-state index contributed by atoms with van der Waals surface area (Å²) in [5.74, 6) is -0.215. The van der Waals surface area contributed by atoms with Crippen molar-refractivity contribution in [1.82, 2.24) is 10.3 Å². The fraction of sp³-hybridized carbons (Fsp3) is 0.111. The van der Waals surface area contributed by atoms with E-state index in [4.69, 9.17) is 4.74 Å². The summed E-state index contributed by atoms with van der Waals surface area (Å²) in [6, 6.07) is 11.0. The third-order valence-electron chi connectivity index (χ3n) is 3.52. The van der Waals surface area contributed by atoms with Crippen LogP contribution in [0.5, 0.6) is 11.5 Å². The molecule has 0 saturated carbocycles. The van der Waals surface area contributed by atoms with Gasteiger partial charge in [-0.2, -0.15) is 0 Å². The Kier molecular flexibility index (Phi) is 5.33. The van der Waals surface area contributed by atoms with Gasteiger partial charge in [0.05, 0.1) is 13.3 Å². The number of methoxy groups -OCH3 is 1. The van der Waals surface area contributed by atoms with E-state index in [0.717, 1.165) is 11.8 Å². The van der Waals surface area contributed by atoms with E-state index < -0.39 is 5.82 Å². The minimum absolute atomic E-state index is 0.0321. The molecule has 0 aliphatic heterocycles. The number of amides is 1. The predicted octanol–water partition coefficient (Wildman–Crippen LogP) is 3.67. The van der Waals surface area contributed by atoms with Gasteiger partial charge < -0.3 is 20.5 Å². The number of hydrogen-bond donors (Lipinski definition) is 3. The molecule has 2 aromatic carbocycles. The average Bonchev–Trinajstić information content (AvgIpc) is 3.11. The molecule has 6 nitrogen and oxygen atoms in total. The number of rotatable bonds is 6. The number of aromatic hydroxyl groups is 1. The van der Waals surface area contributed by atoms with Crippen LogP contribution in [0.15, 0.2) is 48.7 Å². The first kappa shape index (κ1) is 17.7. The molecule has 1 aromatic heterocycles. The van der Waals surface area contributed by atoms with Crippen LogP contribution in [0.1, 0.15) is 15.2 Å². The number of benzene rings is 2. The molecule has 3 N–H and O–H groups in total. The van der Waals surface area contributed by atoms with Crippen molar-refractivity contribution < 1.29 is 19.0 Å². The van der Waals surface area contributed by atoms with Gasteiger partial charge in [0.1, 0.15) is 22.2 Å². The molecule has 0 radical (unpaired) electrons. The summed E-state index contributed by atoms with van der Waals surface area (Å²) in [5, 5.41) is 15.7. The number of carbonyl (C=O) groups is 1. The molecule has 134 valence electrons. The summed E-state index contributed by atoms with van der Waals surface area (Å²) < 4.78 is 18.8. The van der Waals surface area contributed by atoms with E-state index in [9.17, 15) is 14.3 Å². The van der Waals surface area contributed by atoms with Crippen LogP contribution in [0.3, 0.4) is 0 Å². The smallest absolute Gasteiger partial charge is 0.263 e. The van der Waals surface area contributed by atoms with Gasteiger partial charge in [-0.3, -0.25) is 4.79 Å². The molecular weight excluding hydrogens is 357 g/mol. The number of carbonyl (C=O) groups excluding carboxylic acids is 1. The van der Waals surface area contributed by atoms with Crippen LogP contribution in [0.2, 0.25) is 0 Å². The maximum absolute atomic E-state index is 13.6. The van der Waals surface area contributed by atoms with Crippen LogP contribution in [-0.4, -0.2) is 23.1 Å². The summed E-state index contributed by atoms with van der Waals surface area (Å²) in [5.41, 5.74) is 0.991. The number of ether oxygens (including phenoxy) is 1. The second-order valence-corrected chi connectivity index (χ2v) is 6.38. The van der Waals surface area contributed by atoms with Crippen LogP contribution >= 0.6 is 11.3 Å². The summed E-state index contributed by atoms with van der Waals surface area (Å²) in [4.78, 5) is 16.8. The number of aromatic nitrogens is 1. The number of phenols is 1. The number of nitrogens with one attached hydrogen (secondary N) is 2. The molecule has 0 saturated heterocycles. The van der Waals surface area contributed by atoms with Crippen LogP contribution in [0, 0.1) is 5.82 Å². The Bertz CT molecular complexity index is 930. The van der Waals surface area contributed by atoms with Gasteiger partial charge in [0.15, 0.2) is 5.13 Å². The van der Waals surface area contributed by atoms with Crippen molar-refractivity contribution in [3.8, 4) is 11.5 Å². The van der Waals surface area contributed by atoms with Gasteiger partial charge in [-0.05, 0) is 30.3 Å². The minimum atomic E-state index is -0.493. The van der Waals surface area contributed by atoms with Gasteiger partial charge in [0.2, 0.25) is 0 Å². The predicted molar refractivity (Wildman–Crippen MR) is 97.6 cm³/mol. The van der Waals surface area contributed by atoms with E-state index >= 15 is 0 Å². The molecule has 3 aromatic rings. The Morgan fingerprint density at radius 3 is 2.96 bits per heavy atom. The largest absolute Gasteiger partial charge is 0.508 e. The normalized spacial score (nSPS) is 10.4. The standard InChI is InChI=1S/C18H16FN3O3S/c1-25-14-4-2-3-12(8-14)22-18-21-10-16(26-18)17(24)20-9-11-7-13(23)5-6-15(11)19/h2-8,10,23H,9H2,1H3,(H,20,24)(H,21,22). The monoisotopic (exact) mass is 373 g/mol. The molecule has 0 fully saturated rings. The SMILES string of the molecule is COc1cccc(Nc2ncc(C(=O)NCc3cc(O)ccc3F)s2)c1. The molecule has 1 heterocycles. The summed E-state index contributed by atoms with van der Waals surface area (Å²) >= 11 is 1.17. The Balaban J connectivity index is 1.63. The first-order valence-electron chi connectivity index (χ1n) is 7.67. The lowest BCUT2D eigenvalue weighted by Crippen LogP contribution is -2.22. The van der Waals surface area contributed by atoms with Crippen LogP contribution in [0.25, 0.3) is 0 Å². The Hall–Kier alpha value is -3.13. The van der Waals surface area contributed by atoms with E-state index in [2.05, 4.69) is 15.6 Å². The van der Waals surface area contributed by atoms with Crippen LogP contribution < -0.4 is 15.4 Å². The lowest BCUT2D eigenvalue weighted by Gasteiger charge is -2.06. The number of anilines is 2. The molecule has 0 atom stereocenters. The van der Waals surface area contributed by atoms with Crippen molar-refractivity contribution in [3.05, 3.63) is 64.9 Å². The number of halogens is 1. The molecule has 0 aliphatic carbocycles. The Morgan fingerprint density at radius 2 is 2.15 bits per heavy atom. The molecule has 1 amide bonds. The zero-order chi connectivity index (χ0) is 18.5. The second-order valence-electron chi connectivity index (χ2n) is 5.35. The van der Waals surface area contributed by atoms with Crippen molar-refractivity contribution >= 4 is 28.1 Å². The van der Waals surface area contributed by atoms with Crippen LogP contribution in [-0.2, 0) is 6.54 Å². The zero-order valence-corrected chi connectivity index (χ0v) is 14.6. The van der Waals surface area contributed by atoms with Gasteiger partial charge in [-0.1, -0.05) is 17.4 Å². The topological polar surface area (TPSA) is 83.5 Å². The van der Waals surface area contributed by atoms with Crippen molar-refractivity contribution in [1.29, 1.82) is 0 Å². The number of nitrogens with zero attached hydrogens (tertiary/aromatic N) is 1. The molecular formula is C18H16FN3O3S. The van der Waals surface area contributed by atoms with Gasteiger partial charge in [-0.15, -0.1) is 0 Å². The van der Waals surface area contributed by atoms with E-state index in [-0.39, 0.29) is 23.8 Å². The van der Waals surface area contributed by atoms with Gasteiger partial charge in [0.25, 0.3) is 5.91 Å². The number of thiazole rings is 1. The Morgan fingerprint density at radius 1 is 1.31 bits per heavy atom. The average molecular weight is 373 g/mol. The zero-order valence-electron chi connectivity index (χ0n) is 13.8. The second kappa shape index (κ2) is 7.83. The maximum Gasteiger partial charge on any atom is 0.263 e. The fourth-order valence-electron chi connectivity index (χ4n) is 2.22. The highest BCUT2D eigenvalue weighted by atomic mass is 32.1. The third-order valence-corrected chi connectivity index (χ3v) is 4.43. The van der Waals surface area contributed by atoms with E-state index in [0.29, 0.717) is 15.8 Å². The van der Waals surface area contributed by atoms with Crippen molar-refractivity contribution in [3.63, 3.8) is 0 Å². The summed E-state index contributed by atoms with van der Waals surface area (Å²) in [6.07, 6.45) is 1.45. The minimum Gasteiger partial charge on any atom is -0.508 e. The molecule has 26 heavy (non-hydrogen) atoms. The Labute approximate surface area is 153 Å². The molecule has 8 heteroatoms. The first-order valence-corrected chi connectivity index (χ1v) is 8.49. The number of hydrogen-bond acceptors (Lipinski definition) is 6. The lowest BCUT2D eigenvalue weighted by atomic mass is 10.2. The molecule has 0 bridgehead atoms. The highest BCUT2D eigenvalue weighted by molar-refractivity contribution is 7.17. The lowest BCUT2D eigenvalue weighted by molar-refractivity contribution is 0.0954. The van der Waals surface area contributed by atoms with E-state index in [1.807, 2.05) is 24.3 Å². The van der Waals surface area contributed by atoms with Crippen molar-refractivity contribution in [2.75, 3.05) is 12.4 Å². The van der Waals surface area contributed by atoms with Gasteiger partial charge in [0, 0.05) is 23.9 Å². The maximum atomic E-state index is 13.6. The summed E-state index contributed by atoms with van der Waals surface area (Å²) in [6.45, 7) is -0.0321. The molecule has 3 rings (SSSR count). The van der Waals surface area contributed by atoms with Crippen molar-refractivity contribution in [2.24, 2.45) is 0 Å². The fourth-order valence-corrected chi connectivity index (χ4v) is 2.97. The molecule has 0 aliphatic rings.